The fourth-order valence-electron chi connectivity index (χ4n) is 3.55. The second-order valence-corrected chi connectivity index (χ2v) is 10.4. The first-order valence-electron chi connectivity index (χ1n) is 10.2. The van der Waals surface area contributed by atoms with Crippen LogP contribution in [0.4, 0.5) is 0 Å². The Bertz CT molecular complexity index is 1250. The van der Waals surface area contributed by atoms with Crippen molar-refractivity contribution in [2.24, 2.45) is 0 Å². The number of carbonyl (C=O) groups is 1. The van der Waals surface area contributed by atoms with Gasteiger partial charge in [-0.2, -0.15) is 0 Å². The topological polar surface area (TPSA) is 70.3 Å². The van der Waals surface area contributed by atoms with Crippen LogP contribution in [0.1, 0.15) is 43.7 Å². The van der Waals surface area contributed by atoms with E-state index in [1.54, 1.807) is 25.3 Å². The van der Waals surface area contributed by atoms with E-state index < -0.39 is 29.4 Å². The van der Waals surface area contributed by atoms with Crippen molar-refractivity contribution < 1.29 is 9.53 Å². The Morgan fingerprint density at radius 3 is 2.45 bits per heavy atom. The molecule has 3 rings (SSSR count). The lowest BCUT2D eigenvalue weighted by Gasteiger charge is -2.20. The highest BCUT2D eigenvalue weighted by molar-refractivity contribution is 9.10. The largest absolute Gasteiger partial charge is 0.459 e. The van der Waals surface area contributed by atoms with Gasteiger partial charge in [0.2, 0.25) is 0 Å². The lowest BCUT2D eigenvalue weighted by atomic mass is 10.1. The maximum atomic E-state index is 13.3. The number of aromatic nitrogens is 2. The zero-order valence-electron chi connectivity index (χ0n) is 18.5. The SMILES string of the molecule is CCc1sc2c(c1C)c(=O)n(CC(=O)OC(C)(C)C)c(=O)n2CCc1ccccc1Br. The molecule has 0 saturated heterocycles. The minimum absolute atomic E-state index is 0.398. The summed E-state index contributed by atoms with van der Waals surface area (Å²) in [7, 11) is 0. The van der Waals surface area contributed by atoms with Crippen LogP contribution in [0.25, 0.3) is 10.2 Å². The minimum Gasteiger partial charge on any atom is -0.459 e. The molecule has 0 radical (unpaired) electrons. The number of ether oxygens (including phenoxy) is 1. The number of nitrogens with zero attached hydrogens (tertiary/aromatic N) is 2. The fourth-order valence-corrected chi connectivity index (χ4v) is 5.29. The molecular weight excluding hydrogens is 480 g/mol. The van der Waals surface area contributed by atoms with Gasteiger partial charge in [-0.05, 0) is 57.7 Å². The van der Waals surface area contributed by atoms with Gasteiger partial charge in [0.15, 0.2) is 0 Å². The molecule has 1 aromatic carbocycles. The van der Waals surface area contributed by atoms with E-state index in [0.717, 1.165) is 31.5 Å². The molecule has 0 aliphatic heterocycles. The molecule has 0 atom stereocenters. The number of benzene rings is 1. The summed E-state index contributed by atoms with van der Waals surface area (Å²) in [5.41, 5.74) is 0.323. The van der Waals surface area contributed by atoms with Crippen LogP contribution in [-0.2, 0) is 35.5 Å². The first-order chi connectivity index (χ1) is 14.5. The van der Waals surface area contributed by atoms with Crippen LogP contribution in [0.15, 0.2) is 38.3 Å². The van der Waals surface area contributed by atoms with Crippen LogP contribution < -0.4 is 11.2 Å². The molecule has 0 fully saturated rings. The van der Waals surface area contributed by atoms with Crippen molar-refractivity contribution >= 4 is 43.5 Å². The van der Waals surface area contributed by atoms with Gasteiger partial charge in [0, 0.05) is 15.9 Å². The Morgan fingerprint density at radius 2 is 1.84 bits per heavy atom. The third-order valence-corrected chi connectivity index (χ3v) is 7.22. The number of thiophene rings is 1. The summed E-state index contributed by atoms with van der Waals surface area (Å²) in [6.45, 7) is 9.18. The summed E-state index contributed by atoms with van der Waals surface area (Å²) in [6.07, 6.45) is 1.38. The molecule has 31 heavy (non-hydrogen) atoms. The van der Waals surface area contributed by atoms with Crippen molar-refractivity contribution in [1.82, 2.24) is 9.13 Å². The average Bonchev–Trinajstić information content (AvgIpc) is 3.01. The van der Waals surface area contributed by atoms with E-state index in [1.165, 1.54) is 11.3 Å². The van der Waals surface area contributed by atoms with Gasteiger partial charge in [-0.25, -0.2) is 9.36 Å². The molecule has 166 valence electrons. The van der Waals surface area contributed by atoms with E-state index in [0.29, 0.717) is 23.2 Å². The molecule has 6 nitrogen and oxygen atoms in total. The summed E-state index contributed by atoms with van der Waals surface area (Å²) in [4.78, 5) is 40.7. The van der Waals surface area contributed by atoms with E-state index in [9.17, 15) is 14.4 Å². The molecule has 2 heterocycles. The number of halogens is 1. The number of carbonyl (C=O) groups excluding carboxylic acids is 1. The van der Waals surface area contributed by atoms with Crippen molar-refractivity contribution in [3.63, 3.8) is 0 Å². The maximum absolute atomic E-state index is 13.3. The standard InChI is InChI=1S/C23H27BrN2O4S/c1-6-17-14(2)19-20(28)26(13-18(27)30-23(3,4)5)22(29)25(21(19)31-17)12-11-15-9-7-8-10-16(15)24/h7-10H,6,11-13H2,1-5H3. The van der Waals surface area contributed by atoms with E-state index in [-0.39, 0.29) is 0 Å². The van der Waals surface area contributed by atoms with Crippen molar-refractivity contribution in [3.8, 4) is 0 Å². The summed E-state index contributed by atoms with van der Waals surface area (Å²) in [5.74, 6) is -0.605. The predicted molar refractivity (Wildman–Crippen MR) is 128 cm³/mol. The molecule has 0 aliphatic carbocycles. The van der Waals surface area contributed by atoms with Gasteiger partial charge >= 0.3 is 11.7 Å². The number of rotatable bonds is 6. The molecular formula is C23H27BrN2O4S. The molecule has 0 spiro atoms. The predicted octanol–water partition coefficient (Wildman–Crippen LogP) is 4.44. The number of fused-ring (bicyclic) bond motifs is 1. The van der Waals surface area contributed by atoms with Crippen LogP contribution >= 0.6 is 27.3 Å². The van der Waals surface area contributed by atoms with Crippen LogP contribution in [-0.4, -0.2) is 20.7 Å². The monoisotopic (exact) mass is 506 g/mol. The molecule has 3 aromatic rings. The molecule has 0 amide bonds. The van der Waals surface area contributed by atoms with E-state index in [4.69, 9.17) is 4.74 Å². The van der Waals surface area contributed by atoms with E-state index in [2.05, 4.69) is 15.9 Å². The highest BCUT2D eigenvalue weighted by Gasteiger charge is 2.23. The Balaban J connectivity index is 2.13. The van der Waals surface area contributed by atoms with Crippen LogP contribution in [0.2, 0.25) is 0 Å². The molecule has 2 aromatic heterocycles. The lowest BCUT2D eigenvalue weighted by molar-refractivity contribution is -0.155. The summed E-state index contributed by atoms with van der Waals surface area (Å²) >= 11 is 5.03. The van der Waals surface area contributed by atoms with Gasteiger partial charge < -0.3 is 4.74 Å². The molecule has 0 bridgehead atoms. The smallest absolute Gasteiger partial charge is 0.332 e. The maximum Gasteiger partial charge on any atom is 0.332 e. The zero-order chi connectivity index (χ0) is 22.9. The summed E-state index contributed by atoms with van der Waals surface area (Å²) < 4.78 is 8.96. The fraction of sp³-hybridized carbons (Fsp3) is 0.435. The van der Waals surface area contributed by atoms with E-state index in [1.807, 2.05) is 38.1 Å². The normalized spacial score (nSPS) is 11.8. The molecule has 0 saturated carbocycles. The van der Waals surface area contributed by atoms with Crippen LogP contribution in [0.5, 0.6) is 0 Å². The number of hydrogen-bond donors (Lipinski definition) is 0. The third-order valence-electron chi connectivity index (χ3n) is 4.98. The third kappa shape index (κ3) is 5.01. The minimum atomic E-state index is -0.697. The molecule has 0 unspecified atom stereocenters. The van der Waals surface area contributed by atoms with Gasteiger partial charge in [-0.3, -0.25) is 14.2 Å². The van der Waals surface area contributed by atoms with Gasteiger partial charge in [0.05, 0.1) is 5.39 Å². The van der Waals surface area contributed by atoms with E-state index >= 15 is 0 Å². The average molecular weight is 507 g/mol. The summed E-state index contributed by atoms with van der Waals surface area (Å²) in [6, 6.07) is 7.85. The van der Waals surface area contributed by atoms with Crippen LogP contribution in [0.3, 0.4) is 0 Å². The Kier molecular flexibility index (Phi) is 6.91. The first kappa shape index (κ1) is 23.5. The Hall–Kier alpha value is -2.19. The van der Waals surface area contributed by atoms with Crippen molar-refractivity contribution in [2.45, 2.75) is 66.2 Å². The number of aryl methyl sites for hydroxylation is 4. The first-order valence-corrected chi connectivity index (χ1v) is 11.8. The number of esters is 1. The second kappa shape index (κ2) is 9.12. The highest BCUT2D eigenvalue weighted by atomic mass is 79.9. The Labute approximate surface area is 193 Å². The quantitative estimate of drug-likeness (QED) is 0.463. The van der Waals surface area contributed by atoms with Crippen molar-refractivity contribution in [3.05, 3.63) is 65.6 Å². The van der Waals surface area contributed by atoms with Gasteiger partial charge in [-0.15, -0.1) is 11.3 Å². The molecule has 8 heteroatoms. The molecule has 0 aliphatic rings. The highest BCUT2D eigenvalue weighted by Crippen LogP contribution is 2.28. The molecule has 0 N–H and O–H groups in total. The Morgan fingerprint density at radius 1 is 1.16 bits per heavy atom. The number of hydrogen-bond acceptors (Lipinski definition) is 5. The van der Waals surface area contributed by atoms with Gasteiger partial charge in [0.1, 0.15) is 17.0 Å². The van der Waals surface area contributed by atoms with Gasteiger partial charge in [0.25, 0.3) is 5.56 Å². The van der Waals surface area contributed by atoms with Crippen LogP contribution in [0, 0.1) is 6.92 Å². The van der Waals surface area contributed by atoms with Crippen molar-refractivity contribution in [1.29, 1.82) is 0 Å². The zero-order valence-corrected chi connectivity index (χ0v) is 20.9. The van der Waals surface area contributed by atoms with Gasteiger partial charge in [-0.1, -0.05) is 41.1 Å². The lowest BCUT2D eigenvalue weighted by Crippen LogP contribution is -2.42. The van der Waals surface area contributed by atoms with Crippen molar-refractivity contribution in [2.75, 3.05) is 0 Å². The second-order valence-electron chi connectivity index (χ2n) is 8.44. The summed E-state index contributed by atoms with van der Waals surface area (Å²) in [5, 5.41) is 0.511.